The molecular weight excluding hydrogens is 284 g/mol. The van der Waals surface area contributed by atoms with Gasteiger partial charge in [0.2, 0.25) is 0 Å². The Labute approximate surface area is 131 Å². The second-order valence-corrected chi connectivity index (χ2v) is 5.33. The van der Waals surface area contributed by atoms with E-state index in [0.717, 1.165) is 38.4 Å². The molecule has 1 aliphatic heterocycles. The van der Waals surface area contributed by atoms with Crippen LogP contribution in [0.15, 0.2) is 30.3 Å². The summed E-state index contributed by atoms with van der Waals surface area (Å²) >= 11 is 0. The Morgan fingerprint density at radius 2 is 2.05 bits per heavy atom. The van der Waals surface area contributed by atoms with Crippen molar-refractivity contribution in [2.45, 2.75) is 19.1 Å². The zero-order chi connectivity index (χ0) is 15.6. The first-order valence-corrected chi connectivity index (χ1v) is 7.66. The van der Waals surface area contributed by atoms with Crippen molar-refractivity contribution in [1.82, 2.24) is 10.2 Å². The number of carbonyl (C=O) groups excluding carboxylic acids is 1. The Kier molecular flexibility index (Phi) is 7.15. The maximum atomic E-state index is 11.8. The third-order valence-corrected chi connectivity index (χ3v) is 3.65. The number of hydrogen-bond donors (Lipinski definition) is 2. The van der Waals surface area contributed by atoms with E-state index in [4.69, 9.17) is 9.47 Å². The Morgan fingerprint density at radius 1 is 1.32 bits per heavy atom. The molecule has 22 heavy (non-hydrogen) atoms. The summed E-state index contributed by atoms with van der Waals surface area (Å²) in [6.07, 6.45) is 0.196. The smallest absolute Gasteiger partial charge is 0.407 e. The average Bonchev–Trinajstić information content (AvgIpc) is 2.58. The van der Waals surface area contributed by atoms with E-state index in [1.807, 2.05) is 30.3 Å². The minimum atomic E-state index is -0.495. The van der Waals surface area contributed by atoms with E-state index in [-0.39, 0.29) is 19.3 Å². The second-order valence-electron chi connectivity index (χ2n) is 5.33. The van der Waals surface area contributed by atoms with Gasteiger partial charge in [0.1, 0.15) is 6.61 Å². The van der Waals surface area contributed by atoms with Gasteiger partial charge in [0.15, 0.2) is 0 Å². The van der Waals surface area contributed by atoms with Crippen LogP contribution in [-0.4, -0.2) is 61.6 Å². The van der Waals surface area contributed by atoms with Crippen LogP contribution in [-0.2, 0) is 16.1 Å². The minimum absolute atomic E-state index is 0.0925. The molecule has 0 saturated carbocycles. The molecule has 0 aromatic heterocycles. The number of ether oxygens (including phenoxy) is 2. The Morgan fingerprint density at radius 3 is 2.73 bits per heavy atom. The van der Waals surface area contributed by atoms with Crippen molar-refractivity contribution in [3.8, 4) is 0 Å². The van der Waals surface area contributed by atoms with Gasteiger partial charge in [-0.3, -0.25) is 4.90 Å². The molecule has 2 N–H and O–H groups in total. The lowest BCUT2D eigenvalue weighted by molar-refractivity contribution is 0.0349. The summed E-state index contributed by atoms with van der Waals surface area (Å²) < 4.78 is 10.4. The monoisotopic (exact) mass is 308 g/mol. The average molecular weight is 308 g/mol. The molecule has 1 fully saturated rings. The van der Waals surface area contributed by atoms with Crippen LogP contribution in [0, 0.1) is 0 Å². The van der Waals surface area contributed by atoms with Crippen molar-refractivity contribution in [1.29, 1.82) is 0 Å². The van der Waals surface area contributed by atoms with Crippen molar-refractivity contribution in [2.75, 3.05) is 39.5 Å². The first-order chi connectivity index (χ1) is 10.8. The van der Waals surface area contributed by atoms with Gasteiger partial charge in [-0.25, -0.2) is 4.79 Å². The number of nitrogens with one attached hydrogen (secondary N) is 1. The quantitative estimate of drug-likeness (QED) is 0.786. The Bertz CT molecular complexity index is 435. The van der Waals surface area contributed by atoms with Crippen LogP contribution < -0.4 is 5.32 Å². The fourth-order valence-corrected chi connectivity index (χ4v) is 2.30. The molecule has 0 radical (unpaired) electrons. The SMILES string of the molecule is O=C(NC(CO)CCN1CCOCC1)OCc1ccccc1. The highest BCUT2D eigenvalue weighted by molar-refractivity contribution is 5.67. The molecule has 6 nitrogen and oxygen atoms in total. The molecule has 0 bridgehead atoms. The fourth-order valence-electron chi connectivity index (χ4n) is 2.30. The van der Waals surface area contributed by atoms with E-state index >= 15 is 0 Å². The number of hydrogen-bond acceptors (Lipinski definition) is 5. The van der Waals surface area contributed by atoms with Crippen LogP contribution in [0.25, 0.3) is 0 Å². The van der Waals surface area contributed by atoms with Crippen molar-refractivity contribution >= 4 is 6.09 Å². The lowest BCUT2D eigenvalue weighted by atomic mass is 10.2. The van der Waals surface area contributed by atoms with Crippen LogP contribution in [0.5, 0.6) is 0 Å². The first-order valence-electron chi connectivity index (χ1n) is 7.66. The summed E-state index contributed by atoms with van der Waals surface area (Å²) in [7, 11) is 0. The van der Waals surface area contributed by atoms with Gasteiger partial charge in [-0.15, -0.1) is 0 Å². The highest BCUT2D eigenvalue weighted by atomic mass is 16.5. The molecule has 1 heterocycles. The van der Waals surface area contributed by atoms with E-state index in [2.05, 4.69) is 10.2 Å². The van der Waals surface area contributed by atoms with Gasteiger partial charge in [-0.2, -0.15) is 0 Å². The van der Waals surface area contributed by atoms with Crippen molar-refractivity contribution in [3.63, 3.8) is 0 Å². The zero-order valence-electron chi connectivity index (χ0n) is 12.7. The molecule has 1 aromatic rings. The molecule has 0 spiro atoms. The maximum Gasteiger partial charge on any atom is 0.407 e. The predicted molar refractivity (Wildman–Crippen MR) is 82.5 cm³/mol. The maximum absolute atomic E-state index is 11.8. The Balaban J connectivity index is 1.66. The number of rotatable bonds is 7. The third-order valence-electron chi connectivity index (χ3n) is 3.65. The number of aliphatic hydroxyl groups is 1. The molecular formula is C16H24N2O4. The molecule has 1 atom stereocenters. The van der Waals surface area contributed by atoms with E-state index in [9.17, 15) is 9.90 Å². The highest BCUT2D eigenvalue weighted by Gasteiger charge is 2.16. The van der Waals surface area contributed by atoms with Crippen LogP contribution >= 0.6 is 0 Å². The zero-order valence-corrected chi connectivity index (χ0v) is 12.7. The molecule has 122 valence electrons. The fraction of sp³-hybridized carbons (Fsp3) is 0.562. The lowest BCUT2D eigenvalue weighted by Crippen LogP contribution is -2.43. The van der Waals surface area contributed by atoms with Crippen LogP contribution in [0.4, 0.5) is 4.79 Å². The van der Waals surface area contributed by atoms with Crippen LogP contribution in [0.2, 0.25) is 0 Å². The second kappa shape index (κ2) is 9.40. The summed E-state index contributed by atoms with van der Waals surface area (Å²) in [4.78, 5) is 14.0. The number of amides is 1. The molecule has 1 aliphatic rings. The summed E-state index contributed by atoms with van der Waals surface area (Å²) in [5.41, 5.74) is 0.937. The van der Waals surface area contributed by atoms with Gasteiger partial charge in [-0.1, -0.05) is 30.3 Å². The molecule has 1 unspecified atom stereocenters. The van der Waals surface area contributed by atoms with Gasteiger partial charge in [0.25, 0.3) is 0 Å². The van der Waals surface area contributed by atoms with Crippen LogP contribution in [0.3, 0.4) is 0 Å². The van der Waals surface area contributed by atoms with E-state index < -0.39 is 6.09 Å². The summed E-state index contributed by atoms with van der Waals surface area (Å²) in [6, 6.07) is 9.22. The standard InChI is InChI=1S/C16H24N2O4/c19-12-15(6-7-18-8-10-21-11-9-18)17-16(20)22-13-14-4-2-1-3-5-14/h1-5,15,19H,6-13H2,(H,17,20). The third kappa shape index (κ3) is 6.01. The minimum Gasteiger partial charge on any atom is -0.445 e. The number of carbonyl (C=O) groups is 1. The largest absolute Gasteiger partial charge is 0.445 e. The van der Waals surface area contributed by atoms with Gasteiger partial charge in [0.05, 0.1) is 25.9 Å². The molecule has 1 aromatic carbocycles. The summed E-state index contributed by atoms with van der Waals surface area (Å²) in [5, 5.41) is 12.1. The van der Waals surface area contributed by atoms with Gasteiger partial charge >= 0.3 is 6.09 Å². The van der Waals surface area contributed by atoms with Gasteiger partial charge in [-0.05, 0) is 12.0 Å². The van der Waals surface area contributed by atoms with Crippen molar-refractivity contribution in [3.05, 3.63) is 35.9 Å². The molecule has 6 heteroatoms. The highest BCUT2D eigenvalue weighted by Crippen LogP contribution is 2.03. The number of morpholine rings is 1. The van der Waals surface area contributed by atoms with E-state index in [1.165, 1.54) is 0 Å². The Hall–Kier alpha value is -1.63. The topological polar surface area (TPSA) is 71.0 Å². The van der Waals surface area contributed by atoms with Crippen LogP contribution in [0.1, 0.15) is 12.0 Å². The summed E-state index contributed by atoms with van der Waals surface area (Å²) in [6.45, 7) is 4.26. The van der Waals surface area contributed by atoms with Crippen molar-refractivity contribution in [2.24, 2.45) is 0 Å². The molecule has 0 aliphatic carbocycles. The van der Waals surface area contributed by atoms with Gasteiger partial charge < -0.3 is 19.9 Å². The van der Waals surface area contributed by atoms with E-state index in [0.29, 0.717) is 6.42 Å². The van der Waals surface area contributed by atoms with Gasteiger partial charge in [0, 0.05) is 19.6 Å². The number of benzene rings is 1. The van der Waals surface area contributed by atoms with Crippen molar-refractivity contribution < 1.29 is 19.4 Å². The first kappa shape index (κ1) is 16.7. The predicted octanol–water partition coefficient (Wildman–Crippen LogP) is 0.996. The lowest BCUT2D eigenvalue weighted by Gasteiger charge is -2.28. The number of aliphatic hydroxyl groups excluding tert-OH is 1. The number of alkyl carbamates (subject to hydrolysis) is 1. The van der Waals surface area contributed by atoms with E-state index in [1.54, 1.807) is 0 Å². The normalized spacial score (nSPS) is 17.0. The molecule has 2 rings (SSSR count). The molecule has 1 saturated heterocycles. The molecule has 1 amide bonds. The summed E-state index contributed by atoms with van der Waals surface area (Å²) in [5.74, 6) is 0. The number of nitrogens with zero attached hydrogens (tertiary/aromatic N) is 1.